The van der Waals surface area contributed by atoms with E-state index < -0.39 is 0 Å². The zero-order valence-electron chi connectivity index (χ0n) is 9.69. The van der Waals surface area contributed by atoms with Crippen molar-refractivity contribution in [3.63, 3.8) is 0 Å². The fourth-order valence-electron chi connectivity index (χ4n) is 1.55. The lowest BCUT2D eigenvalue weighted by Crippen LogP contribution is -2.10. The summed E-state index contributed by atoms with van der Waals surface area (Å²) >= 11 is 3.50. The Hall–Kier alpha value is -1.15. The van der Waals surface area contributed by atoms with Crippen molar-refractivity contribution in [3.8, 4) is 6.07 Å². The molecule has 0 spiro atoms. The van der Waals surface area contributed by atoms with Crippen LogP contribution in [0, 0.1) is 11.3 Å². The second kappa shape index (κ2) is 5.97. The van der Waals surface area contributed by atoms with Gasteiger partial charge in [0.05, 0.1) is 5.56 Å². The lowest BCUT2D eigenvalue weighted by Gasteiger charge is -1.99. The Morgan fingerprint density at radius 1 is 1.24 bits per heavy atom. The van der Waals surface area contributed by atoms with E-state index in [1.807, 2.05) is 22.8 Å². The maximum Gasteiger partial charge on any atom is 0.100 e. The van der Waals surface area contributed by atoms with E-state index in [1.54, 1.807) is 11.3 Å². The van der Waals surface area contributed by atoms with Crippen molar-refractivity contribution in [2.24, 2.45) is 0 Å². The molecule has 0 radical (unpaired) electrons. The van der Waals surface area contributed by atoms with Gasteiger partial charge in [0.15, 0.2) is 0 Å². The van der Waals surface area contributed by atoms with E-state index in [9.17, 15) is 0 Å². The average Bonchev–Trinajstić information content (AvgIpc) is 2.97. The molecule has 2 heterocycles. The fourth-order valence-corrected chi connectivity index (χ4v) is 3.26. The SMILES string of the molecule is CCc1ccc(CNCc2cc(C#N)cs2)s1. The molecule has 1 N–H and O–H groups in total. The van der Waals surface area contributed by atoms with E-state index in [0.29, 0.717) is 0 Å². The molecule has 0 amide bonds. The van der Waals surface area contributed by atoms with Crippen molar-refractivity contribution in [1.82, 2.24) is 5.32 Å². The van der Waals surface area contributed by atoms with Crippen LogP contribution in [0.1, 0.15) is 27.1 Å². The molecule has 0 atom stereocenters. The zero-order valence-corrected chi connectivity index (χ0v) is 11.3. The van der Waals surface area contributed by atoms with Crippen LogP contribution in [-0.4, -0.2) is 0 Å². The zero-order chi connectivity index (χ0) is 12.1. The topological polar surface area (TPSA) is 35.8 Å². The van der Waals surface area contributed by atoms with Crippen molar-refractivity contribution in [3.05, 3.63) is 43.8 Å². The Labute approximate surface area is 110 Å². The van der Waals surface area contributed by atoms with Crippen LogP contribution in [0.3, 0.4) is 0 Å². The molecule has 4 heteroatoms. The van der Waals surface area contributed by atoms with E-state index in [4.69, 9.17) is 5.26 Å². The predicted molar refractivity (Wildman–Crippen MR) is 73.3 cm³/mol. The van der Waals surface area contributed by atoms with Gasteiger partial charge in [-0.25, -0.2) is 0 Å². The van der Waals surface area contributed by atoms with Gasteiger partial charge in [-0.1, -0.05) is 6.92 Å². The maximum atomic E-state index is 8.72. The van der Waals surface area contributed by atoms with Crippen molar-refractivity contribution < 1.29 is 0 Å². The molecule has 0 saturated carbocycles. The number of rotatable bonds is 5. The molecule has 2 nitrogen and oxygen atoms in total. The molecule has 0 unspecified atom stereocenters. The first-order valence-corrected chi connectivity index (χ1v) is 7.27. The highest BCUT2D eigenvalue weighted by Crippen LogP contribution is 2.17. The van der Waals surface area contributed by atoms with Crippen molar-refractivity contribution >= 4 is 22.7 Å². The normalized spacial score (nSPS) is 10.4. The van der Waals surface area contributed by atoms with Crippen LogP contribution < -0.4 is 5.32 Å². The van der Waals surface area contributed by atoms with Crippen molar-refractivity contribution in [2.75, 3.05) is 0 Å². The van der Waals surface area contributed by atoms with Gasteiger partial charge in [-0.2, -0.15) is 5.26 Å². The second-order valence-corrected chi connectivity index (χ2v) is 5.99. The molecule has 0 aliphatic carbocycles. The molecule has 17 heavy (non-hydrogen) atoms. The highest BCUT2D eigenvalue weighted by atomic mass is 32.1. The minimum absolute atomic E-state index is 0.760. The van der Waals surface area contributed by atoms with Crippen molar-refractivity contribution in [2.45, 2.75) is 26.4 Å². The molecule has 0 saturated heterocycles. The van der Waals surface area contributed by atoms with Crippen LogP contribution in [0.5, 0.6) is 0 Å². The highest BCUT2D eigenvalue weighted by Gasteiger charge is 2.00. The Balaban J connectivity index is 1.81. The largest absolute Gasteiger partial charge is 0.307 e. The van der Waals surface area contributed by atoms with E-state index >= 15 is 0 Å². The molecule has 0 bridgehead atoms. The van der Waals surface area contributed by atoms with Gasteiger partial charge in [-0.15, -0.1) is 22.7 Å². The summed E-state index contributed by atoms with van der Waals surface area (Å²) in [5.41, 5.74) is 0.760. The summed E-state index contributed by atoms with van der Waals surface area (Å²) in [5, 5.41) is 14.0. The van der Waals surface area contributed by atoms with Crippen LogP contribution >= 0.6 is 22.7 Å². The Morgan fingerprint density at radius 3 is 2.65 bits per heavy atom. The molecular formula is C13H14N2S2. The standard InChI is InChI=1S/C13H14N2S2/c1-2-11-3-4-12(17-11)7-15-8-13-5-10(6-14)9-16-13/h3-5,9,15H,2,7-8H2,1H3. The van der Waals surface area contributed by atoms with Gasteiger partial charge in [0.1, 0.15) is 6.07 Å². The Bertz CT molecular complexity index is 520. The summed E-state index contributed by atoms with van der Waals surface area (Å²) in [4.78, 5) is 4.03. The molecule has 0 aliphatic rings. The minimum Gasteiger partial charge on any atom is -0.307 e. The van der Waals surface area contributed by atoms with Gasteiger partial charge in [0, 0.05) is 33.1 Å². The monoisotopic (exact) mass is 262 g/mol. The minimum atomic E-state index is 0.760. The predicted octanol–water partition coefficient (Wildman–Crippen LogP) is 3.53. The summed E-state index contributed by atoms with van der Waals surface area (Å²) in [6.45, 7) is 3.92. The Morgan fingerprint density at radius 2 is 2.00 bits per heavy atom. The number of hydrogen-bond acceptors (Lipinski definition) is 4. The quantitative estimate of drug-likeness (QED) is 0.894. The molecular weight excluding hydrogens is 248 g/mol. The third kappa shape index (κ3) is 3.40. The van der Waals surface area contributed by atoms with Gasteiger partial charge in [-0.05, 0) is 24.6 Å². The number of aryl methyl sites for hydroxylation is 1. The van der Waals surface area contributed by atoms with Crippen molar-refractivity contribution in [1.29, 1.82) is 5.26 Å². The van der Waals surface area contributed by atoms with Crippen LogP contribution in [0.25, 0.3) is 0 Å². The van der Waals surface area contributed by atoms with Crippen LogP contribution in [0.15, 0.2) is 23.6 Å². The van der Waals surface area contributed by atoms with Gasteiger partial charge in [0.25, 0.3) is 0 Å². The van der Waals surface area contributed by atoms with Crippen LogP contribution in [-0.2, 0) is 19.5 Å². The van der Waals surface area contributed by atoms with Crippen LogP contribution in [0.4, 0.5) is 0 Å². The third-order valence-corrected chi connectivity index (χ3v) is 4.61. The first-order chi connectivity index (χ1) is 8.31. The van der Waals surface area contributed by atoms with Gasteiger partial charge >= 0.3 is 0 Å². The number of thiophene rings is 2. The van der Waals surface area contributed by atoms with E-state index in [2.05, 4.69) is 30.4 Å². The molecule has 2 rings (SSSR count). The summed E-state index contributed by atoms with van der Waals surface area (Å²) in [5.74, 6) is 0. The number of nitriles is 1. The maximum absolute atomic E-state index is 8.72. The van der Waals surface area contributed by atoms with Crippen LogP contribution in [0.2, 0.25) is 0 Å². The number of hydrogen-bond donors (Lipinski definition) is 1. The number of nitrogens with zero attached hydrogens (tertiary/aromatic N) is 1. The second-order valence-electron chi connectivity index (χ2n) is 3.74. The summed E-state index contributed by atoms with van der Waals surface area (Å²) < 4.78 is 0. The average molecular weight is 262 g/mol. The molecule has 0 aromatic carbocycles. The summed E-state index contributed by atoms with van der Waals surface area (Å²) in [6, 6.07) is 8.48. The summed E-state index contributed by atoms with van der Waals surface area (Å²) in [6.07, 6.45) is 1.11. The van der Waals surface area contributed by atoms with E-state index in [0.717, 1.165) is 25.1 Å². The van der Waals surface area contributed by atoms with E-state index in [-0.39, 0.29) is 0 Å². The fraction of sp³-hybridized carbons (Fsp3) is 0.308. The van der Waals surface area contributed by atoms with E-state index in [1.165, 1.54) is 14.6 Å². The highest BCUT2D eigenvalue weighted by molar-refractivity contribution is 7.12. The first kappa shape index (κ1) is 12.3. The lowest BCUT2D eigenvalue weighted by molar-refractivity contribution is 0.709. The molecule has 2 aromatic heterocycles. The molecule has 88 valence electrons. The smallest absolute Gasteiger partial charge is 0.100 e. The van der Waals surface area contributed by atoms with Gasteiger partial charge < -0.3 is 5.32 Å². The van der Waals surface area contributed by atoms with Gasteiger partial charge in [-0.3, -0.25) is 0 Å². The first-order valence-electron chi connectivity index (χ1n) is 5.57. The summed E-state index contributed by atoms with van der Waals surface area (Å²) in [7, 11) is 0. The third-order valence-electron chi connectivity index (χ3n) is 2.45. The molecule has 0 aliphatic heterocycles. The van der Waals surface area contributed by atoms with Gasteiger partial charge in [0.2, 0.25) is 0 Å². The molecule has 0 fully saturated rings. The number of nitrogens with one attached hydrogen (secondary N) is 1. The Kier molecular flexibility index (Phi) is 4.32. The lowest BCUT2D eigenvalue weighted by atomic mass is 10.3. The molecule has 2 aromatic rings.